The molecule has 0 aliphatic carbocycles. The summed E-state index contributed by atoms with van der Waals surface area (Å²) in [6.45, 7) is 1.80. The van der Waals surface area contributed by atoms with Gasteiger partial charge in [-0.1, -0.05) is 11.3 Å². The van der Waals surface area contributed by atoms with Gasteiger partial charge in [-0.05, 0) is 37.5 Å². The van der Waals surface area contributed by atoms with Gasteiger partial charge in [0.15, 0.2) is 5.13 Å². The van der Waals surface area contributed by atoms with Crippen LogP contribution in [0.5, 0.6) is 5.75 Å². The molecule has 4 heterocycles. The summed E-state index contributed by atoms with van der Waals surface area (Å²) in [6, 6.07) is 5.14. The third kappa shape index (κ3) is 6.20. The van der Waals surface area contributed by atoms with Gasteiger partial charge in [0.1, 0.15) is 30.1 Å². The van der Waals surface area contributed by atoms with Gasteiger partial charge in [-0.15, -0.1) is 0 Å². The first-order valence-electron chi connectivity index (χ1n) is 13.0. The summed E-state index contributed by atoms with van der Waals surface area (Å²) in [5.74, 6) is -0.607. The van der Waals surface area contributed by atoms with Crippen molar-refractivity contribution in [3.05, 3.63) is 46.7 Å². The second-order valence-electron chi connectivity index (χ2n) is 9.89. The first kappa shape index (κ1) is 27.8. The average Bonchev–Trinajstić information content (AvgIpc) is 3.57. The van der Waals surface area contributed by atoms with Crippen LogP contribution in [-0.2, 0) is 18.0 Å². The van der Waals surface area contributed by atoms with E-state index in [-0.39, 0.29) is 11.6 Å². The first-order chi connectivity index (χ1) is 19.3. The minimum absolute atomic E-state index is 0.103. The number of carboxylic acid groups (broad SMARTS) is 1. The van der Waals surface area contributed by atoms with Gasteiger partial charge in [0.25, 0.3) is 5.91 Å². The molecule has 10 nitrogen and oxygen atoms in total. The van der Waals surface area contributed by atoms with E-state index in [1.807, 2.05) is 9.80 Å². The number of thiazole rings is 1. The lowest BCUT2D eigenvalue weighted by atomic mass is 9.97. The average molecular weight is 573 g/mol. The van der Waals surface area contributed by atoms with Gasteiger partial charge < -0.3 is 14.7 Å². The van der Waals surface area contributed by atoms with E-state index in [4.69, 9.17) is 4.74 Å². The number of anilines is 2. The molecule has 3 aromatic rings. The molecule has 0 radical (unpaired) electrons. The van der Waals surface area contributed by atoms with E-state index >= 15 is 0 Å². The minimum atomic E-state index is -0.875. The molecule has 5 rings (SSSR count). The second-order valence-corrected chi connectivity index (χ2v) is 11.0. The summed E-state index contributed by atoms with van der Waals surface area (Å²) in [6.07, 6.45) is 3.53. The Hall–Kier alpha value is -3.71. The highest BCUT2D eigenvalue weighted by atomic mass is 32.1. The van der Waals surface area contributed by atoms with Gasteiger partial charge in [-0.25, -0.2) is 23.7 Å². The Bertz CT molecular complexity index is 1360. The quantitative estimate of drug-likeness (QED) is 0.389. The molecule has 2 N–H and O–H groups in total. The molecule has 0 saturated carbocycles. The van der Waals surface area contributed by atoms with E-state index in [0.29, 0.717) is 85.5 Å². The Morgan fingerprint density at radius 2 is 1.98 bits per heavy atom. The molecule has 212 valence electrons. The fourth-order valence-corrected chi connectivity index (χ4v) is 6.04. The summed E-state index contributed by atoms with van der Waals surface area (Å²) in [4.78, 5) is 42.2. The van der Waals surface area contributed by atoms with Crippen molar-refractivity contribution in [2.45, 2.75) is 38.7 Å². The summed E-state index contributed by atoms with van der Waals surface area (Å²) in [5.41, 5.74) is 1.75. The van der Waals surface area contributed by atoms with Crippen LogP contribution in [0.3, 0.4) is 0 Å². The molecule has 0 bridgehead atoms. The highest BCUT2D eigenvalue weighted by molar-refractivity contribution is 7.16. The molecule has 1 amide bonds. The number of benzene rings is 1. The zero-order valence-electron chi connectivity index (χ0n) is 22.0. The molecule has 2 aliphatic rings. The monoisotopic (exact) mass is 572 g/mol. The molecule has 1 atom stereocenters. The van der Waals surface area contributed by atoms with E-state index in [1.165, 1.54) is 30.8 Å². The van der Waals surface area contributed by atoms with E-state index < -0.39 is 24.7 Å². The molecule has 1 aromatic carbocycles. The summed E-state index contributed by atoms with van der Waals surface area (Å²) < 4.78 is 32.7. The topological polar surface area (TPSA) is 121 Å². The lowest BCUT2D eigenvalue weighted by Gasteiger charge is -2.30. The van der Waals surface area contributed by atoms with E-state index in [0.717, 1.165) is 4.88 Å². The van der Waals surface area contributed by atoms with Crippen molar-refractivity contribution in [3.63, 3.8) is 0 Å². The van der Waals surface area contributed by atoms with Crippen molar-refractivity contribution >= 4 is 34.2 Å². The molecule has 13 heteroatoms. The Morgan fingerprint density at radius 3 is 2.60 bits per heavy atom. The van der Waals surface area contributed by atoms with Crippen LogP contribution in [0, 0.1) is 5.92 Å². The molecular formula is C27H30F2N6O4S. The number of likely N-dealkylation sites (tertiary alicyclic amines) is 1. The Morgan fingerprint density at radius 1 is 1.18 bits per heavy atom. The van der Waals surface area contributed by atoms with Crippen LogP contribution in [0.1, 0.15) is 40.2 Å². The van der Waals surface area contributed by atoms with Crippen LogP contribution in [0.4, 0.5) is 19.7 Å². The number of nitrogens with zero attached hydrogens (tertiary/aromatic N) is 5. The number of carboxylic acids is 1. The molecule has 2 fully saturated rings. The largest absolute Gasteiger partial charge is 0.496 e. The van der Waals surface area contributed by atoms with Crippen molar-refractivity contribution in [1.82, 2.24) is 19.9 Å². The highest BCUT2D eigenvalue weighted by Gasteiger charge is 2.27. The van der Waals surface area contributed by atoms with Crippen LogP contribution in [0.2, 0.25) is 0 Å². The lowest BCUT2D eigenvalue weighted by molar-refractivity contribution is -0.142. The number of alkyl halides is 2. The van der Waals surface area contributed by atoms with Crippen molar-refractivity contribution in [1.29, 1.82) is 0 Å². The number of hydrogen-bond donors (Lipinski definition) is 2. The SMILES string of the molecule is COc1ccc(-c2nc(NC(=O)c3cnc(N4CCC(C(=O)O)CC4)cn3)sc2CN2CC[C@H](F)C2)cc1CF. The van der Waals surface area contributed by atoms with Gasteiger partial charge in [0.05, 0.1) is 31.1 Å². The number of halogens is 2. The van der Waals surface area contributed by atoms with E-state index in [1.54, 1.807) is 18.2 Å². The fourth-order valence-electron chi connectivity index (χ4n) is 5.02. The number of aromatic nitrogens is 3. The van der Waals surface area contributed by atoms with Gasteiger partial charge in [-0.2, -0.15) is 0 Å². The van der Waals surface area contributed by atoms with Crippen molar-refractivity contribution < 1.29 is 28.2 Å². The molecule has 0 spiro atoms. The predicted molar refractivity (Wildman–Crippen MR) is 146 cm³/mol. The number of piperidine rings is 1. The second kappa shape index (κ2) is 12.2. The van der Waals surface area contributed by atoms with Crippen LogP contribution in [0.25, 0.3) is 11.3 Å². The molecule has 40 heavy (non-hydrogen) atoms. The van der Waals surface area contributed by atoms with Crippen LogP contribution >= 0.6 is 11.3 Å². The first-order valence-corrected chi connectivity index (χ1v) is 13.9. The Labute approximate surface area is 234 Å². The highest BCUT2D eigenvalue weighted by Crippen LogP contribution is 2.35. The maximum Gasteiger partial charge on any atom is 0.306 e. The predicted octanol–water partition coefficient (Wildman–Crippen LogP) is 4.18. The van der Waals surface area contributed by atoms with E-state index in [9.17, 15) is 23.5 Å². The smallest absolute Gasteiger partial charge is 0.306 e. The van der Waals surface area contributed by atoms with E-state index in [2.05, 4.69) is 20.3 Å². The molecule has 0 unspecified atom stereocenters. The Kier molecular flexibility index (Phi) is 8.50. The summed E-state index contributed by atoms with van der Waals surface area (Å²) in [5, 5.41) is 12.3. The number of carbonyl (C=O) groups is 2. The number of nitrogens with one attached hydrogen (secondary N) is 1. The molecule has 2 aromatic heterocycles. The van der Waals surface area contributed by atoms with Crippen molar-refractivity contribution in [2.75, 3.05) is 43.5 Å². The van der Waals surface area contributed by atoms with Gasteiger partial charge in [-0.3, -0.25) is 19.8 Å². The van der Waals surface area contributed by atoms with Crippen LogP contribution in [0.15, 0.2) is 30.6 Å². The third-order valence-corrected chi connectivity index (χ3v) is 8.19. The van der Waals surface area contributed by atoms with Crippen LogP contribution in [-0.4, -0.2) is 76.3 Å². The molecule has 2 aliphatic heterocycles. The number of carbonyl (C=O) groups excluding carboxylic acids is 1. The zero-order chi connectivity index (χ0) is 28.2. The number of amides is 1. The normalized spacial score (nSPS) is 18.2. The fraction of sp³-hybridized carbons (Fsp3) is 0.444. The minimum Gasteiger partial charge on any atom is -0.496 e. The maximum absolute atomic E-state index is 13.8. The van der Waals surface area contributed by atoms with Crippen molar-refractivity contribution in [2.24, 2.45) is 5.92 Å². The Balaban J connectivity index is 1.33. The maximum atomic E-state index is 13.8. The van der Waals surface area contributed by atoms with Gasteiger partial charge in [0, 0.05) is 48.7 Å². The lowest BCUT2D eigenvalue weighted by Crippen LogP contribution is -2.36. The summed E-state index contributed by atoms with van der Waals surface area (Å²) >= 11 is 1.28. The van der Waals surface area contributed by atoms with Gasteiger partial charge in [0.2, 0.25) is 0 Å². The molecular weight excluding hydrogens is 542 g/mol. The third-order valence-electron chi connectivity index (χ3n) is 7.24. The number of hydrogen-bond acceptors (Lipinski definition) is 9. The molecule has 2 saturated heterocycles. The number of ether oxygens (including phenoxy) is 1. The van der Waals surface area contributed by atoms with Crippen LogP contribution < -0.4 is 15.0 Å². The summed E-state index contributed by atoms with van der Waals surface area (Å²) in [7, 11) is 1.48. The number of rotatable bonds is 9. The zero-order valence-corrected chi connectivity index (χ0v) is 22.8. The standard InChI is InChI=1S/C27H30F2N6O4S/c1-39-21-3-2-17(10-18(21)11-28)24-22(15-34-7-6-19(29)14-34)40-27(32-24)33-25(36)20-12-31-23(13-30-20)35-8-4-16(5-9-35)26(37)38/h2-3,10,12-13,16,19H,4-9,11,14-15H2,1H3,(H,37,38)(H,32,33,36)/t19-/m0/s1. The number of methoxy groups -OCH3 is 1. The number of aliphatic carboxylic acids is 1. The van der Waals surface area contributed by atoms with Gasteiger partial charge >= 0.3 is 5.97 Å². The van der Waals surface area contributed by atoms with Crippen molar-refractivity contribution in [3.8, 4) is 17.0 Å².